The first kappa shape index (κ1) is 17.7. The van der Waals surface area contributed by atoms with E-state index in [1.165, 1.54) is 34.0 Å². The molecule has 3 rings (SSSR count). The number of hydrogen-bond donors (Lipinski definition) is 0. The third-order valence-electron chi connectivity index (χ3n) is 4.30. The summed E-state index contributed by atoms with van der Waals surface area (Å²) in [5, 5.41) is 1.88. The molecule has 0 aromatic carbocycles. The lowest BCUT2D eigenvalue weighted by atomic mass is 9.89. The number of esters is 1. The Kier molecular flexibility index (Phi) is 5.45. The van der Waals surface area contributed by atoms with Crippen molar-refractivity contribution in [3.8, 4) is 0 Å². The minimum atomic E-state index is -0.219. The van der Waals surface area contributed by atoms with Crippen molar-refractivity contribution in [2.75, 3.05) is 0 Å². The molecule has 0 radical (unpaired) electrons. The van der Waals surface area contributed by atoms with Gasteiger partial charge in [-0.25, -0.2) is 9.97 Å². The zero-order chi connectivity index (χ0) is 17.3. The predicted molar refractivity (Wildman–Crippen MR) is 99.8 cm³/mol. The van der Waals surface area contributed by atoms with Crippen LogP contribution in [0.4, 0.5) is 0 Å². The number of aryl methyl sites for hydroxylation is 1. The summed E-state index contributed by atoms with van der Waals surface area (Å²) >= 11 is 3.32. The molecule has 0 unspecified atom stereocenters. The predicted octanol–water partition coefficient (Wildman–Crippen LogP) is 4.64. The molecule has 1 aliphatic carbocycles. The topological polar surface area (TPSA) is 52.1 Å². The molecular weight excluding hydrogens is 340 g/mol. The van der Waals surface area contributed by atoms with E-state index in [4.69, 9.17) is 4.74 Å². The van der Waals surface area contributed by atoms with Crippen LogP contribution in [0.3, 0.4) is 0 Å². The highest BCUT2D eigenvalue weighted by molar-refractivity contribution is 8.00. The third-order valence-corrected chi connectivity index (χ3v) is 6.80. The Morgan fingerprint density at radius 2 is 2.25 bits per heavy atom. The molecule has 0 saturated carbocycles. The van der Waals surface area contributed by atoms with Crippen molar-refractivity contribution in [1.29, 1.82) is 0 Å². The van der Waals surface area contributed by atoms with Gasteiger partial charge in [-0.1, -0.05) is 25.6 Å². The first-order valence-corrected chi connectivity index (χ1v) is 10.3. The Morgan fingerprint density at radius 1 is 1.46 bits per heavy atom. The molecule has 130 valence electrons. The molecule has 2 atom stereocenters. The fraction of sp³-hybridized carbons (Fsp3) is 0.611. The van der Waals surface area contributed by atoms with Gasteiger partial charge >= 0.3 is 5.97 Å². The Labute approximate surface area is 151 Å². The Balaban J connectivity index is 1.93. The lowest BCUT2D eigenvalue weighted by molar-refractivity contribution is -0.146. The number of ether oxygens (including phenoxy) is 1. The van der Waals surface area contributed by atoms with Crippen LogP contribution in [0.25, 0.3) is 10.2 Å². The quantitative estimate of drug-likeness (QED) is 0.439. The average Bonchev–Trinajstić information content (AvgIpc) is 2.89. The minimum absolute atomic E-state index is 0.0898. The summed E-state index contributed by atoms with van der Waals surface area (Å²) in [6, 6.07) is 0. The van der Waals surface area contributed by atoms with Crippen molar-refractivity contribution in [3.63, 3.8) is 0 Å². The van der Waals surface area contributed by atoms with E-state index >= 15 is 0 Å². The van der Waals surface area contributed by atoms with Crippen molar-refractivity contribution in [3.05, 3.63) is 16.8 Å². The number of thiophene rings is 1. The van der Waals surface area contributed by atoms with Gasteiger partial charge in [-0.15, -0.1) is 11.3 Å². The highest BCUT2D eigenvalue weighted by Crippen LogP contribution is 2.41. The van der Waals surface area contributed by atoms with Gasteiger partial charge in [0, 0.05) is 10.3 Å². The van der Waals surface area contributed by atoms with Gasteiger partial charge in [-0.05, 0) is 51.0 Å². The number of nitrogens with zero attached hydrogens (tertiary/aromatic N) is 2. The summed E-state index contributed by atoms with van der Waals surface area (Å²) in [5.74, 6) is 0.584. The van der Waals surface area contributed by atoms with Gasteiger partial charge in [0.1, 0.15) is 21.4 Å². The molecule has 4 nitrogen and oxygen atoms in total. The molecule has 24 heavy (non-hydrogen) atoms. The van der Waals surface area contributed by atoms with Crippen molar-refractivity contribution in [1.82, 2.24) is 9.97 Å². The monoisotopic (exact) mass is 364 g/mol. The summed E-state index contributed by atoms with van der Waals surface area (Å²) in [5.41, 5.74) is 1.41. The van der Waals surface area contributed by atoms with Crippen molar-refractivity contribution < 1.29 is 9.53 Å². The van der Waals surface area contributed by atoms with E-state index in [0.717, 1.165) is 35.0 Å². The number of fused-ring (bicyclic) bond motifs is 3. The van der Waals surface area contributed by atoms with Crippen molar-refractivity contribution in [2.24, 2.45) is 5.92 Å². The van der Waals surface area contributed by atoms with Crippen LogP contribution in [0.1, 0.15) is 51.0 Å². The second kappa shape index (κ2) is 7.40. The molecule has 2 aromatic rings. The number of carbonyl (C=O) groups is 1. The van der Waals surface area contributed by atoms with Crippen LogP contribution in [-0.4, -0.2) is 27.3 Å². The molecule has 0 fully saturated rings. The number of aromatic nitrogens is 2. The van der Waals surface area contributed by atoms with Gasteiger partial charge in [-0.3, -0.25) is 4.79 Å². The molecule has 0 amide bonds. The maximum absolute atomic E-state index is 12.3. The van der Waals surface area contributed by atoms with Gasteiger partial charge in [0.2, 0.25) is 0 Å². The summed E-state index contributed by atoms with van der Waals surface area (Å²) < 4.78 is 5.40. The molecule has 0 aliphatic heterocycles. The van der Waals surface area contributed by atoms with E-state index in [9.17, 15) is 4.79 Å². The summed E-state index contributed by atoms with van der Waals surface area (Å²) in [6.45, 7) is 8.09. The second-order valence-electron chi connectivity index (χ2n) is 6.71. The number of carbonyl (C=O) groups excluding carboxylic acids is 1. The number of thioether (sulfide) groups is 1. The van der Waals surface area contributed by atoms with Gasteiger partial charge < -0.3 is 4.74 Å². The molecule has 6 heteroatoms. The first-order valence-electron chi connectivity index (χ1n) is 8.62. The van der Waals surface area contributed by atoms with E-state index in [1.54, 1.807) is 17.7 Å². The molecule has 0 spiro atoms. The average molecular weight is 365 g/mol. The summed E-state index contributed by atoms with van der Waals surface area (Å²) in [7, 11) is 0. The number of rotatable bonds is 5. The third kappa shape index (κ3) is 3.59. The fourth-order valence-electron chi connectivity index (χ4n) is 3.08. The molecule has 1 aliphatic rings. The standard InChI is InChI=1S/C18H24N2O2S2/c1-5-13(18(21)22-10(2)3)23-16-15-12-7-6-11(4)8-14(12)24-17(15)20-9-19-16/h9-11,13H,5-8H2,1-4H3/t11-,13+/m1/s1. The molecule has 0 bridgehead atoms. The minimum Gasteiger partial charge on any atom is -0.462 e. The van der Waals surface area contributed by atoms with Crippen LogP contribution in [0.2, 0.25) is 0 Å². The maximum Gasteiger partial charge on any atom is 0.319 e. The van der Waals surface area contributed by atoms with E-state index in [0.29, 0.717) is 0 Å². The largest absolute Gasteiger partial charge is 0.462 e. The molecule has 2 aromatic heterocycles. The van der Waals surface area contributed by atoms with Crippen LogP contribution in [0, 0.1) is 5.92 Å². The lowest BCUT2D eigenvalue weighted by Crippen LogP contribution is -2.23. The Morgan fingerprint density at radius 3 is 2.96 bits per heavy atom. The number of hydrogen-bond acceptors (Lipinski definition) is 6. The van der Waals surface area contributed by atoms with Crippen LogP contribution in [0.15, 0.2) is 11.4 Å². The van der Waals surface area contributed by atoms with Gasteiger partial charge in [-0.2, -0.15) is 0 Å². The molecule has 2 heterocycles. The zero-order valence-corrected chi connectivity index (χ0v) is 16.3. The SMILES string of the molecule is CC[C@H](Sc1ncnc2sc3c(c12)CC[C@@H](C)C3)C(=O)OC(C)C. The lowest BCUT2D eigenvalue weighted by Gasteiger charge is -2.19. The second-order valence-corrected chi connectivity index (χ2v) is 8.99. The van der Waals surface area contributed by atoms with E-state index in [2.05, 4.69) is 16.9 Å². The van der Waals surface area contributed by atoms with Crippen LogP contribution in [-0.2, 0) is 22.4 Å². The highest BCUT2D eigenvalue weighted by atomic mass is 32.2. The van der Waals surface area contributed by atoms with Crippen LogP contribution >= 0.6 is 23.1 Å². The Hall–Kier alpha value is -1.14. The fourth-order valence-corrected chi connectivity index (χ4v) is 5.53. The van der Waals surface area contributed by atoms with Crippen LogP contribution in [0.5, 0.6) is 0 Å². The van der Waals surface area contributed by atoms with Crippen molar-refractivity contribution >= 4 is 39.3 Å². The molecule has 0 saturated heterocycles. The van der Waals surface area contributed by atoms with E-state index in [-0.39, 0.29) is 17.3 Å². The normalized spacial score (nSPS) is 18.6. The summed E-state index contributed by atoms with van der Waals surface area (Å²) in [6.07, 6.45) is 5.69. The van der Waals surface area contributed by atoms with Crippen molar-refractivity contribution in [2.45, 2.75) is 69.8 Å². The Bertz CT molecular complexity index is 742. The molecular formula is C18H24N2O2S2. The van der Waals surface area contributed by atoms with E-state index in [1.807, 2.05) is 20.8 Å². The summed E-state index contributed by atoms with van der Waals surface area (Å²) in [4.78, 5) is 23.8. The zero-order valence-electron chi connectivity index (χ0n) is 14.7. The maximum atomic E-state index is 12.3. The first-order chi connectivity index (χ1) is 11.5. The smallest absolute Gasteiger partial charge is 0.319 e. The van der Waals surface area contributed by atoms with Gasteiger partial charge in [0.25, 0.3) is 0 Å². The van der Waals surface area contributed by atoms with Gasteiger partial charge in [0.15, 0.2) is 0 Å². The van der Waals surface area contributed by atoms with Gasteiger partial charge in [0.05, 0.1) is 6.10 Å². The highest BCUT2D eigenvalue weighted by Gasteiger charge is 2.26. The molecule has 0 N–H and O–H groups in total. The van der Waals surface area contributed by atoms with Crippen LogP contribution < -0.4 is 0 Å². The van der Waals surface area contributed by atoms with E-state index < -0.39 is 0 Å².